The summed E-state index contributed by atoms with van der Waals surface area (Å²) >= 11 is 7.53. The van der Waals surface area contributed by atoms with Crippen LogP contribution in [0.5, 0.6) is 0 Å². The SMILES string of the molecule is CCSc1ccc(Cl)cc1C(=O)NC1CC(C(=O)O)C1. The van der Waals surface area contributed by atoms with Crippen molar-refractivity contribution < 1.29 is 14.7 Å². The second kappa shape index (κ2) is 6.50. The summed E-state index contributed by atoms with van der Waals surface area (Å²) in [4.78, 5) is 23.9. The Hall–Kier alpha value is -1.20. The number of carboxylic acid groups (broad SMARTS) is 1. The van der Waals surface area contributed by atoms with Crippen LogP contribution in [0.4, 0.5) is 0 Å². The minimum atomic E-state index is -0.791. The van der Waals surface area contributed by atoms with Gasteiger partial charge in [0.15, 0.2) is 0 Å². The summed E-state index contributed by atoms with van der Waals surface area (Å²) in [6.07, 6.45) is 0.996. The van der Waals surface area contributed by atoms with Gasteiger partial charge in [0.25, 0.3) is 5.91 Å². The van der Waals surface area contributed by atoms with Crippen LogP contribution in [0.1, 0.15) is 30.1 Å². The quantitative estimate of drug-likeness (QED) is 0.820. The van der Waals surface area contributed by atoms with E-state index < -0.39 is 5.97 Å². The van der Waals surface area contributed by atoms with E-state index in [1.807, 2.05) is 13.0 Å². The molecule has 0 aliphatic heterocycles. The molecule has 0 spiro atoms. The van der Waals surface area contributed by atoms with Crippen molar-refractivity contribution in [2.45, 2.75) is 30.7 Å². The molecule has 0 bridgehead atoms. The summed E-state index contributed by atoms with van der Waals surface area (Å²) in [5.74, 6) is -0.436. The van der Waals surface area contributed by atoms with E-state index in [1.54, 1.807) is 23.9 Å². The van der Waals surface area contributed by atoms with Gasteiger partial charge in [0.1, 0.15) is 0 Å². The normalized spacial score (nSPS) is 21.1. The molecule has 0 radical (unpaired) electrons. The summed E-state index contributed by atoms with van der Waals surface area (Å²) < 4.78 is 0. The minimum absolute atomic E-state index is 0.0536. The van der Waals surface area contributed by atoms with Crippen LogP contribution in [0.15, 0.2) is 23.1 Å². The first-order valence-corrected chi connectivity index (χ1v) is 7.83. The highest BCUT2D eigenvalue weighted by molar-refractivity contribution is 7.99. The van der Waals surface area contributed by atoms with Gasteiger partial charge < -0.3 is 10.4 Å². The van der Waals surface area contributed by atoms with Crippen molar-refractivity contribution in [3.8, 4) is 0 Å². The largest absolute Gasteiger partial charge is 0.481 e. The molecule has 1 fully saturated rings. The predicted octanol–water partition coefficient (Wildman–Crippen LogP) is 3.05. The number of benzene rings is 1. The van der Waals surface area contributed by atoms with Crippen molar-refractivity contribution in [1.82, 2.24) is 5.32 Å². The van der Waals surface area contributed by atoms with Crippen molar-refractivity contribution in [2.75, 3.05) is 5.75 Å². The average Bonchev–Trinajstić information content (AvgIpc) is 2.35. The van der Waals surface area contributed by atoms with Crippen molar-refractivity contribution in [1.29, 1.82) is 0 Å². The zero-order chi connectivity index (χ0) is 14.7. The summed E-state index contributed by atoms with van der Waals surface area (Å²) in [5.41, 5.74) is 0.558. The third-order valence-corrected chi connectivity index (χ3v) is 4.50. The van der Waals surface area contributed by atoms with Crippen LogP contribution in [-0.2, 0) is 4.79 Å². The fourth-order valence-corrected chi connectivity index (χ4v) is 3.12. The molecular weight excluding hydrogens is 298 g/mol. The van der Waals surface area contributed by atoms with Crippen LogP contribution in [0.2, 0.25) is 5.02 Å². The Kier molecular flexibility index (Phi) is 4.94. The zero-order valence-electron chi connectivity index (χ0n) is 11.1. The average molecular weight is 314 g/mol. The topological polar surface area (TPSA) is 66.4 Å². The van der Waals surface area contributed by atoms with Crippen molar-refractivity contribution in [3.63, 3.8) is 0 Å². The van der Waals surface area contributed by atoms with E-state index in [-0.39, 0.29) is 17.9 Å². The Morgan fingerprint density at radius 1 is 1.45 bits per heavy atom. The Balaban J connectivity index is 2.02. The van der Waals surface area contributed by atoms with Crippen LogP contribution >= 0.6 is 23.4 Å². The molecule has 1 aromatic carbocycles. The van der Waals surface area contributed by atoms with Crippen molar-refractivity contribution in [3.05, 3.63) is 28.8 Å². The van der Waals surface area contributed by atoms with Gasteiger partial charge in [-0.25, -0.2) is 0 Å². The Labute approximate surface area is 126 Å². The number of carbonyl (C=O) groups is 2. The van der Waals surface area contributed by atoms with E-state index in [9.17, 15) is 9.59 Å². The van der Waals surface area contributed by atoms with Crippen LogP contribution in [0.25, 0.3) is 0 Å². The maximum absolute atomic E-state index is 12.2. The van der Waals surface area contributed by atoms with Crippen LogP contribution in [0, 0.1) is 5.92 Å². The summed E-state index contributed by atoms with van der Waals surface area (Å²) in [5, 5.41) is 12.2. The van der Waals surface area contributed by atoms with Gasteiger partial charge in [0, 0.05) is 16.0 Å². The Morgan fingerprint density at radius 2 is 2.15 bits per heavy atom. The standard InChI is InChI=1S/C14H16ClNO3S/c1-2-20-12-4-3-9(15)7-11(12)13(17)16-10-5-8(6-10)14(18)19/h3-4,7-8,10H,2,5-6H2,1H3,(H,16,17)(H,18,19). The summed E-state index contributed by atoms with van der Waals surface area (Å²) in [6.45, 7) is 2.02. The number of nitrogens with one attached hydrogen (secondary N) is 1. The Bertz CT molecular complexity index is 529. The van der Waals surface area contributed by atoms with E-state index in [0.29, 0.717) is 23.4 Å². The first-order chi connectivity index (χ1) is 9.51. The fourth-order valence-electron chi connectivity index (χ4n) is 2.16. The van der Waals surface area contributed by atoms with E-state index in [0.717, 1.165) is 10.6 Å². The molecule has 1 saturated carbocycles. The van der Waals surface area contributed by atoms with Gasteiger partial charge in [-0.3, -0.25) is 9.59 Å². The predicted molar refractivity (Wildman–Crippen MR) is 79.5 cm³/mol. The van der Waals surface area contributed by atoms with Gasteiger partial charge in [-0.2, -0.15) is 0 Å². The van der Waals surface area contributed by atoms with Gasteiger partial charge in [-0.15, -0.1) is 11.8 Å². The van der Waals surface area contributed by atoms with E-state index in [2.05, 4.69) is 5.32 Å². The number of amides is 1. The third kappa shape index (κ3) is 3.46. The lowest BCUT2D eigenvalue weighted by molar-refractivity contribution is -0.145. The molecule has 2 rings (SSSR count). The molecule has 1 aromatic rings. The lowest BCUT2D eigenvalue weighted by Gasteiger charge is -2.33. The summed E-state index contributed by atoms with van der Waals surface area (Å²) in [6, 6.07) is 5.20. The molecule has 6 heteroatoms. The second-order valence-electron chi connectivity index (χ2n) is 4.75. The maximum Gasteiger partial charge on any atom is 0.306 e. The molecule has 0 unspecified atom stereocenters. The molecule has 1 aliphatic rings. The molecule has 108 valence electrons. The number of halogens is 1. The summed E-state index contributed by atoms with van der Waals surface area (Å²) in [7, 11) is 0. The highest BCUT2D eigenvalue weighted by atomic mass is 35.5. The van der Waals surface area contributed by atoms with Crippen molar-refractivity contribution in [2.24, 2.45) is 5.92 Å². The lowest BCUT2D eigenvalue weighted by Crippen LogP contribution is -2.46. The molecule has 0 heterocycles. The first-order valence-electron chi connectivity index (χ1n) is 6.47. The molecule has 2 N–H and O–H groups in total. The number of rotatable bonds is 5. The number of hydrogen-bond acceptors (Lipinski definition) is 3. The molecule has 0 saturated heterocycles. The highest BCUT2D eigenvalue weighted by Crippen LogP contribution is 2.29. The molecule has 0 atom stereocenters. The number of carbonyl (C=O) groups excluding carboxylic acids is 1. The molecule has 0 aromatic heterocycles. The number of aliphatic carboxylic acids is 1. The lowest BCUT2D eigenvalue weighted by atomic mass is 9.80. The van der Waals surface area contributed by atoms with Crippen LogP contribution in [-0.4, -0.2) is 28.8 Å². The highest BCUT2D eigenvalue weighted by Gasteiger charge is 2.35. The van der Waals surface area contributed by atoms with Crippen molar-refractivity contribution >= 4 is 35.2 Å². The van der Waals surface area contributed by atoms with Gasteiger partial charge in [0.05, 0.1) is 11.5 Å². The third-order valence-electron chi connectivity index (χ3n) is 3.31. The first kappa shape index (κ1) is 15.2. The van der Waals surface area contributed by atoms with Gasteiger partial charge in [0.2, 0.25) is 0 Å². The molecule has 20 heavy (non-hydrogen) atoms. The van der Waals surface area contributed by atoms with Crippen LogP contribution < -0.4 is 5.32 Å². The van der Waals surface area contributed by atoms with Gasteiger partial charge in [-0.1, -0.05) is 18.5 Å². The van der Waals surface area contributed by atoms with E-state index >= 15 is 0 Å². The molecule has 1 aliphatic carbocycles. The molecular formula is C14H16ClNO3S. The number of carboxylic acids is 1. The monoisotopic (exact) mass is 313 g/mol. The van der Waals surface area contributed by atoms with Crippen LogP contribution in [0.3, 0.4) is 0 Å². The minimum Gasteiger partial charge on any atom is -0.481 e. The molecule has 4 nitrogen and oxygen atoms in total. The zero-order valence-corrected chi connectivity index (χ0v) is 12.6. The smallest absolute Gasteiger partial charge is 0.306 e. The van der Waals surface area contributed by atoms with Gasteiger partial charge >= 0.3 is 5.97 Å². The van der Waals surface area contributed by atoms with E-state index in [1.165, 1.54) is 0 Å². The Morgan fingerprint density at radius 3 is 2.75 bits per heavy atom. The second-order valence-corrected chi connectivity index (χ2v) is 6.49. The molecule has 1 amide bonds. The van der Waals surface area contributed by atoms with Gasteiger partial charge in [-0.05, 0) is 36.8 Å². The fraction of sp³-hybridized carbons (Fsp3) is 0.429. The van der Waals surface area contributed by atoms with E-state index in [4.69, 9.17) is 16.7 Å². The number of thioether (sulfide) groups is 1. The maximum atomic E-state index is 12.2. The number of hydrogen-bond donors (Lipinski definition) is 2.